The molecule has 0 aromatic heterocycles. The summed E-state index contributed by atoms with van der Waals surface area (Å²) in [7, 11) is 0. The van der Waals surface area contributed by atoms with E-state index < -0.39 is 36.7 Å². The number of hydrogen-bond acceptors (Lipinski definition) is 8. The SMILES string of the molecule is NCCc1ccc(O)c(OC2OC(C(=O)O)C(O)C(O)C2O)c1. The molecule has 9 nitrogen and oxygen atoms in total. The lowest BCUT2D eigenvalue weighted by Gasteiger charge is -2.38. The van der Waals surface area contributed by atoms with Crippen molar-refractivity contribution in [3.8, 4) is 11.5 Å². The molecule has 0 aliphatic carbocycles. The van der Waals surface area contributed by atoms with E-state index in [4.69, 9.17) is 20.3 Å². The standard InChI is InChI=1S/C14H19NO8/c15-4-3-6-1-2-7(16)8(5-6)22-14-11(19)9(17)10(18)12(23-14)13(20)21/h1-2,5,9-12,14,16-19H,3-4,15H2,(H,20,21). The maximum atomic E-state index is 11.0. The first-order valence-corrected chi connectivity index (χ1v) is 6.96. The van der Waals surface area contributed by atoms with Crippen molar-refractivity contribution in [3.63, 3.8) is 0 Å². The lowest BCUT2D eigenvalue weighted by atomic mass is 9.99. The average Bonchev–Trinajstić information content (AvgIpc) is 2.50. The number of aliphatic hydroxyl groups excluding tert-OH is 3. The number of aromatic hydroxyl groups is 1. The molecule has 23 heavy (non-hydrogen) atoms. The van der Waals surface area contributed by atoms with E-state index in [2.05, 4.69) is 0 Å². The largest absolute Gasteiger partial charge is 0.504 e. The number of carbonyl (C=O) groups is 1. The molecular formula is C14H19NO8. The molecule has 1 heterocycles. The van der Waals surface area contributed by atoms with Crippen molar-refractivity contribution in [2.24, 2.45) is 5.73 Å². The molecule has 5 atom stereocenters. The van der Waals surface area contributed by atoms with Crippen molar-refractivity contribution in [2.75, 3.05) is 6.54 Å². The maximum absolute atomic E-state index is 11.0. The van der Waals surface area contributed by atoms with Crippen LogP contribution in [0.4, 0.5) is 0 Å². The molecule has 2 rings (SSSR count). The van der Waals surface area contributed by atoms with E-state index in [9.17, 15) is 25.2 Å². The van der Waals surface area contributed by atoms with Crippen LogP contribution in [-0.4, -0.2) is 68.8 Å². The number of carboxylic acid groups (broad SMARTS) is 1. The van der Waals surface area contributed by atoms with E-state index in [0.29, 0.717) is 13.0 Å². The summed E-state index contributed by atoms with van der Waals surface area (Å²) in [6.07, 6.45) is -8.10. The van der Waals surface area contributed by atoms with Crippen molar-refractivity contribution < 1.29 is 39.8 Å². The molecule has 128 valence electrons. The molecule has 1 saturated heterocycles. The fraction of sp³-hybridized carbons (Fsp3) is 0.500. The predicted octanol–water partition coefficient (Wildman–Crippen LogP) is -1.84. The summed E-state index contributed by atoms with van der Waals surface area (Å²) in [6, 6.07) is 4.45. The average molecular weight is 329 g/mol. The van der Waals surface area contributed by atoms with Crippen molar-refractivity contribution in [1.82, 2.24) is 0 Å². The van der Waals surface area contributed by atoms with Crippen LogP contribution in [0, 0.1) is 0 Å². The van der Waals surface area contributed by atoms with Gasteiger partial charge in [0.25, 0.3) is 0 Å². The van der Waals surface area contributed by atoms with Gasteiger partial charge in [-0.1, -0.05) is 6.07 Å². The number of nitrogens with two attached hydrogens (primary N) is 1. The monoisotopic (exact) mass is 329 g/mol. The number of benzene rings is 1. The Balaban J connectivity index is 2.21. The Kier molecular flexibility index (Phi) is 5.39. The number of rotatable bonds is 5. The molecule has 1 fully saturated rings. The van der Waals surface area contributed by atoms with Crippen LogP contribution in [0.5, 0.6) is 11.5 Å². The van der Waals surface area contributed by atoms with Gasteiger partial charge in [0.15, 0.2) is 17.6 Å². The van der Waals surface area contributed by atoms with Gasteiger partial charge in [-0.3, -0.25) is 0 Å². The smallest absolute Gasteiger partial charge is 0.335 e. The van der Waals surface area contributed by atoms with Crippen LogP contribution in [0.15, 0.2) is 18.2 Å². The fourth-order valence-electron chi connectivity index (χ4n) is 2.25. The Morgan fingerprint density at radius 3 is 2.52 bits per heavy atom. The van der Waals surface area contributed by atoms with E-state index in [1.54, 1.807) is 6.07 Å². The highest BCUT2D eigenvalue weighted by Crippen LogP contribution is 2.31. The van der Waals surface area contributed by atoms with E-state index in [1.807, 2.05) is 0 Å². The van der Waals surface area contributed by atoms with E-state index in [1.165, 1.54) is 12.1 Å². The van der Waals surface area contributed by atoms with Crippen LogP contribution >= 0.6 is 0 Å². The molecule has 0 saturated carbocycles. The second-order valence-electron chi connectivity index (χ2n) is 5.19. The molecule has 9 heteroatoms. The first kappa shape index (κ1) is 17.4. The van der Waals surface area contributed by atoms with Gasteiger partial charge in [0.2, 0.25) is 6.29 Å². The van der Waals surface area contributed by atoms with Gasteiger partial charge in [-0.25, -0.2) is 4.79 Å². The van der Waals surface area contributed by atoms with Gasteiger partial charge in [0.1, 0.15) is 18.3 Å². The molecule has 1 aliphatic heterocycles. The third-order valence-corrected chi connectivity index (χ3v) is 3.51. The molecule has 0 amide bonds. The highest BCUT2D eigenvalue weighted by molar-refractivity contribution is 5.73. The van der Waals surface area contributed by atoms with Crippen LogP contribution in [0.2, 0.25) is 0 Å². The van der Waals surface area contributed by atoms with Gasteiger partial charge in [0.05, 0.1) is 0 Å². The highest BCUT2D eigenvalue weighted by Gasteiger charge is 2.48. The summed E-state index contributed by atoms with van der Waals surface area (Å²) in [5.74, 6) is -1.83. The van der Waals surface area contributed by atoms with Gasteiger partial charge in [-0.05, 0) is 30.7 Å². The van der Waals surface area contributed by atoms with Crippen LogP contribution < -0.4 is 10.5 Å². The fourth-order valence-corrected chi connectivity index (χ4v) is 2.25. The third-order valence-electron chi connectivity index (χ3n) is 3.51. The summed E-state index contributed by atoms with van der Waals surface area (Å²) in [6.45, 7) is 0.374. The molecule has 7 N–H and O–H groups in total. The predicted molar refractivity (Wildman–Crippen MR) is 75.8 cm³/mol. The minimum atomic E-state index is -1.81. The van der Waals surface area contributed by atoms with Crippen LogP contribution in [0.25, 0.3) is 0 Å². The molecule has 0 bridgehead atoms. The van der Waals surface area contributed by atoms with Crippen LogP contribution in [0.3, 0.4) is 0 Å². The van der Waals surface area contributed by atoms with Crippen molar-refractivity contribution in [3.05, 3.63) is 23.8 Å². The first-order valence-electron chi connectivity index (χ1n) is 6.96. The Bertz CT molecular complexity index is 566. The summed E-state index contributed by atoms with van der Waals surface area (Å²) in [4.78, 5) is 11.0. The Morgan fingerprint density at radius 2 is 1.91 bits per heavy atom. The number of aliphatic carboxylic acids is 1. The van der Waals surface area contributed by atoms with E-state index >= 15 is 0 Å². The quantitative estimate of drug-likeness (QED) is 0.364. The summed E-state index contributed by atoms with van der Waals surface area (Å²) in [5, 5.41) is 48.0. The molecule has 5 unspecified atom stereocenters. The van der Waals surface area contributed by atoms with Gasteiger partial charge in [-0.2, -0.15) is 0 Å². The summed E-state index contributed by atoms with van der Waals surface area (Å²) >= 11 is 0. The minimum absolute atomic E-state index is 0.0623. The minimum Gasteiger partial charge on any atom is -0.504 e. The lowest BCUT2D eigenvalue weighted by Crippen LogP contribution is -2.61. The van der Waals surface area contributed by atoms with Gasteiger partial charge in [-0.15, -0.1) is 0 Å². The molecule has 1 aliphatic rings. The van der Waals surface area contributed by atoms with Crippen molar-refractivity contribution >= 4 is 5.97 Å². The number of phenols is 1. The van der Waals surface area contributed by atoms with E-state index in [0.717, 1.165) is 5.56 Å². The van der Waals surface area contributed by atoms with Gasteiger partial charge >= 0.3 is 5.97 Å². The van der Waals surface area contributed by atoms with Crippen LogP contribution in [-0.2, 0) is 16.0 Å². The molecule has 0 radical (unpaired) electrons. The Hall–Kier alpha value is -1.91. The van der Waals surface area contributed by atoms with Gasteiger partial charge < -0.3 is 40.7 Å². The molecular weight excluding hydrogens is 310 g/mol. The number of carboxylic acids is 1. The number of phenolic OH excluding ortho intramolecular Hbond substituents is 1. The molecule has 0 spiro atoms. The molecule has 1 aromatic rings. The van der Waals surface area contributed by atoms with Gasteiger partial charge in [0, 0.05) is 0 Å². The Labute approximate surface area is 131 Å². The highest BCUT2D eigenvalue weighted by atomic mass is 16.7. The second kappa shape index (κ2) is 7.11. The zero-order valence-electron chi connectivity index (χ0n) is 12.1. The number of aliphatic hydroxyl groups is 3. The summed E-state index contributed by atoms with van der Waals surface area (Å²) in [5.41, 5.74) is 6.20. The first-order chi connectivity index (χ1) is 10.8. The topological polar surface area (TPSA) is 163 Å². The second-order valence-corrected chi connectivity index (χ2v) is 5.19. The van der Waals surface area contributed by atoms with Crippen LogP contribution in [0.1, 0.15) is 5.56 Å². The van der Waals surface area contributed by atoms with E-state index in [-0.39, 0.29) is 11.5 Å². The summed E-state index contributed by atoms with van der Waals surface area (Å²) < 4.78 is 10.3. The van der Waals surface area contributed by atoms with Crippen molar-refractivity contribution in [1.29, 1.82) is 0 Å². The van der Waals surface area contributed by atoms with Crippen molar-refractivity contribution in [2.45, 2.75) is 37.1 Å². The zero-order chi connectivity index (χ0) is 17.1. The number of hydrogen-bond donors (Lipinski definition) is 6. The maximum Gasteiger partial charge on any atom is 0.335 e. The number of ether oxygens (including phenoxy) is 2. The molecule has 1 aromatic carbocycles. The Morgan fingerprint density at radius 1 is 1.22 bits per heavy atom. The normalized spacial score (nSPS) is 30.9. The lowest BCUT2D eigenvalue weighted by molar-refractivity contribution is -0.271. The third kappa shape index (κ3) is 3.71. The zero-order valence-corrected chi connectivity index (χ0v) is 12.1.